The summed E-state index contributed by atoms with van der Waals surface area (Å²) in [6.45, 7) is 13.8. The van der Waals surface area contributed by atoms with Crippen molar-refractivity contribution in [3.8, 4) is 0 Å². The second-order valence-corrected chi connectivity index (χ2v) is 7.48. The summed E-state index contributed by atoms with van der Waals surface area (Å²) in [4.78, 5) is 15.3. The Kier molecular flexibility index (Phi) is 3.81. The van der Waals surface area contributed by atoms with E-state index in [9.17, 15) is 0 Å². The van der Waals surface area contributed by atoms with E-state index in [1.807, 2.05) is 6.20 Å². The standard InChI is InChI=1S/C18H26N4/c1-12-8-14(13(2)20-12)10-22-7-6-16-15(11-22)9-19-17(21-16)18(3,4)5/h8-9,20H,6-7,10-11H2,1-5H3. The first-order chi connectivity index (χ1) is 10.3. The maximum Gasteiger partial charge on any atom is 0.133 e. The van der Waals surface area contributed by atoms with Crippen molar-refractivity contribution in [2.24, 2.45) is 0 Å². The molecule has 0 bridgehead atoms. The van der Waals surface area contributed by atoms with Crippen LogP contribution in [-0.2, 0) is 24.9 Å². The molecule has 0 radical (unpaired) electrons. The number of aromatic nitrogens is 3. The van der Waals surface area contributed by atoms with Crippen molar-refractivity contribution in [3.63, 3.8) is 0 Å². The number of hydrogen-bond acceptors (Lipinski definition) is 3. The summed E-state index contributed by atoms with van der Waals surface area (Å²) in [6.07, 6.45) is 3.05. The number of nitrogens with zero attached hydrogens (tertiary/aromatic N) is 3. The van der Waals surface area contributed by atoms with E-state index in [0.717, 1.165) is 31.9 Å². The Morgan fingerprint density at radius 1 is 1.27 bits per heavy atom. The highest BCUT2D eigenvalue weighted by Crippen LogP contribution is 2.23. The van der Waals surface area contributed by atoms with Gasteiger partial charge in [0.1, 0.15) is 5.82 Å². The first kappa shape index (κ1) is 15.2. The maximum atomic E-state index is 4.80. The lowest BCUT2D eigenvalue weighted by atomic mass is 9.95. The summed E-state index contributed by atoms with van der Waals surface area (Å²) < 4.78 is 0. The van der Waals surface area contributed by atoms with E-state index in [-0.39, 0.29) is 5.41 Å². The van der Waals surface area contributed by atoms with Crippen molar-refractivity contribution < 1.29 is 0 Å². The molecule has 0 amide bonds. The van der Waals surface area contributed by atoms with Gasteiger partial charge in [-0.2, -0.15) is 0 Å². The molecule has 0 spiro atoms. The Bertz CT molecular complexity index is 679. The molecule has 0 unspecified atom stereocenters. The smallest absolute Gasteiger partial charge is 0.133 e. The zero-order valence-electron chi connectivity index (χ0n) is 14.3. The highest BCUT2D eigenvalue weighted by Gasteiger charge is 2.23. The summed E-state index contributed by atoms with van der Waals surface area (Å²) in [5.41, 5.74) is 6.45. The van der Waals surface area contributed by atoms with Gasteiger partial charge in [0.25, 0.3) is 0 Å². The first-order valence-corrected chi connectivity index (χ1v) is 8.05. The van der Waals surface area contributed by atoms with E-state index in [0.29, 0.717) is 0 Å². The predicted molar refractivity (Wildman–Crippen MR) is 88.8 cm³/mol. The molecule has 0 atom stereocenters. The Morgan fingerprint density at radius 2 is 2.05 bits per heavy atom. The lowest BCUT2D eigenvalue weighted by molar-refractivity contribution is 0.241. The molecule has 0 saturated carbocycles. The maximum absolute atomic E-state index is 4.80. The average molecular weight is 298 g/mol. The summed E-state index contributed by atoms with van der Waals surface area (Å²) in [6, 6.07) is 2.25. The highest BCUT2D eigenvalue weighted by molar-refractivity contribution is 5.26. The quantitative estimate of drug-likeness (QED) is 0.925. The molecule has 3 rings (SSSR count). The first-order valence-electron chi connectivity index (χ1n) is 8.05. The van der Waals surface area contributed by atoms with E-state index < -0.39 is 0 Å². The second kappa shape index (κ2) is 5.51. The van der Waals surface area contributed by atoms with Crippen LogP contribution in [0, 0.1) is 13.8 Å². The zero-order chi connectivity index (χ0) is 15.9. The van der Waals surface area contributed by atoms with Crippen molar-refractivity contribution >= 4 is 0 Å². The summed E-state index contributed by atoms with van der Waals surface area (Å²) in [7, 11) is 0. The van der Waals surface area contributed by atoms with E-state index >= 15 is 0 Å². The predicted octanol–water partition coefficient (Wildman–Crippen LogP) is 3.28. The Hall–Kier alpha value is -1.68. The number of aryl methyl sites for hydroxylation is 2. The average Bonchev–Trinajstić information content (AvgIpc) is 2.75. The van der Waals surface area contributed by atoms with Crippen LogP contribution in [0.4, 0.5) is 0 Å². The molecule has 2 aromatic heterocycles. The number of rotatable bonds is 2. The molecule has 1 N–H and O–H groups in total. The molecule has 4 nitrogen and oxygen atoms in total. The molecule has 4 heteroatoms. The number of H-pyrrole nitrogens is 1. The molecule has 22 heavy (non-hydrogen) atoms. The SMILES string of the molecule is Cc1cc(CN2CCc3nc(C(C)(C)C)ncc3C2)c(C)[nH]1. The van der Waals surface area contributed by atoms with Crippen LogP contribution in [0.3, 0.4) is 0 Å². The van der Waals surface area contributed by atoms with Crippen molar-refractivity contribution in [2.75, 3.05) is 6.54 Å². The molecule has 0 fully saturated rings. The molecule has 118 valence electrons. The van der Waals surface area contributed by atoms with Gasteiger partial charge in [-0.25, -0.2) is 9.97 Å². The van der Waals surface area contributed by atoms with Gasteiger partial charge in [0, 0.05) is 60.3 Å². The van der Waals surface area contributed by atoms with Gasteiger partial charge >= 0.3 is 0 Å². The Balaban J connectivity index is 1.76. The molecule has 2 aromatic rings. The number of nitrogens with one attached hydrogen (secondary N) is 1. The fourth-order valence-corrected chi connectivity index (χ4v) is 3.06. The van der Waals surface area contributed by atoms with Crippen molar-refractivity contribution in [1.82, 2.24) is 19.9 Å². The van der Waals surface area contributed by atoms with Crippen LogP contribution in [0.15, 0.2) is 12.3 Å². The van der Waals surface area contributed by atoms with Crippen molar-refractivity contribution in [3.05, 3.63) is 46.3 Å². The van der Waals surface area contributed by atoms with Gasteiger partial charge in [-0.3, -0.25) is 4.90 Å². The van der Waals surface area contributed by atoms with Gasteiger partial charge in [-0.1, -0.05) is 20.8 Å². The van der Waals surface area contributed by atoms with Crippen LogP contribution >= 0.6 is 0 Å². The Labute approximate surface area is 133 Å². The summed E-state index contributed by atoms with van der Waals surface area (Å²) in [5.74, 6) is 0.955. The number of aromatic amines is 1. The van der Waals surface area contributed by atoms with Crippen LogP contribution < -0.4 is 0 Å². The van der Waals surface area contributed by atoms with Gasteiger partial charge in [-0.05, 0) is 25.5 Å². The molecule has 3 heterocycles. The van der Waals surface area contributed by atoms with E-state index in [2.05, 4.69) is 55.6 Å². The van der Waals surface area contributed by atoms with Crippen LogP contribution in [0.5, 0.6) is 0 Å². The van der Waals surface area contributed by atoms with E-state index in [4.69, 9.17) is 4.98 Å². The fourth-order valence-electron chi connectivity index (χ4n) is 3.06. The molecular weight excluding hydrogens is 272 g/mol. The fraction of sp³-hybridized carbons (Fsp3) is 0.556. The zero-order valence-corrected chi connectivity index (χ0v) is 14.3. The minimum atomic E-state index is 0.0198. The topological polar surface area (TPSA) is 44.8 Å². The highest BCUT2D eigenvalue weighted by atomic mass is 15.1. The summed E-state index contributed by atoms with van der Waals surface area (Å²) in [5, 5.41) is 0. The van der Waals surface area contributed by atoms with Gasteiger partial charge in [0.2, 0.25) is 0 Å². The third kappa shape index (κ3) is 3.07. The third-order valence-corrected chi connectivity index (χ3v) is 4.33. The van der Waals surface area contributed by atoms with Crippen LogP contribution in [-0.4, -0.2) is 26.4 Å². The lowest BCUT2D eigenvalue weighted by Gasteiger charge is -2.29. The molecule has 0 aliphatic carbocycles. The van der Waals surface area contributed by atoms with E-state index in [1.165, 1.54) is 28.2 Å². The second-order valence-electron chi connectivity index (χ2n) is 7.48. The minimum Gasteiger partial charge on any atom is -0.362 e. The lowest BCUT2D eigenvalue weighted by Crippen LogP contribution is -2.32. The largest absolute Gasteiger partial charge is 0.362 e. The monoisotopic (exact) mass is 298 g/mol. The van der Waals surface area contributed by atoms with Gasteiger partial charge in [0.15, 0.2) is 0 Å². The molecule has 1 aliphatic rings. The molecule has 0 aromatic carbocycles. The van der Waals surface area contributed by atoms with E-state index in [1.54, 1.807) is 0 Å². The number of fused-ring (bicyclic) bond motifs is 1. The van der Waals surface area contributed by atoms with Gasteiger partial charge in [0.05, 0.1) is 0 Å². The molecule has 1 aliphatic heterocycles. The molecule has 0 saturated heterocycles. The third-order valence-electron chi connectivity index (χ3n) is 4.33. The minimum absolute atomic E-state index is 0.0198. The van der Waals surface area contributed by atoms with Gasteiger partial charge in [-0.15, -0.1) is 0 Å². The van der Waals surface area contributed by atoms with Crippen LogP contribution in [0.25, 0.3) is 0 Å². The van der Waals surface area contributed by atoms with Crippen LogP contribution in [0.1, 0.15) is 54.8 Å². The van der Waals surface area contributed by atoms with Crippen LogP contribution in [0.2, 0.25) is 0 Å². The normalized spacial score (nSPS) is 15.9. The van der Waals surface area contributed by atoms with Gasteiger partial charge < -0.3 is 4.98 Å². The molecular formula is C18H26N4. The van der Waals surface area contributed by atoms with Crippen molar-refractivity contribution in [2.45, 2.75) is 59.5 Å². The summed E-state index contributed by atoms with van der Waals surface area (Å²) >= 11 is 0. The van der Waals surface area contributed by atoms with Crippen molar-refractivity contribution in [1.29, 1.82) is 0 Å². The Morgan fingerprint density at radius 3 is 2.68 bits per heavy atom. The number of hydrogen-bond donors (Lipinski definition) is 1.